The fourth-order valence-corrected chi connectivity index (χ4v) is 4.05. The average molecular weight is 436 g/mol. The molecule has 0 atom stereocenters. The van der Waals surface area contributed by atoms with Gasteiger partial charge in [-0.05, 0) is 50.2 Å². The first-order valence-corrected chi connectivity index (χ1v) is 10.8. The molecule has 0 radical (unpaired) electrons. The van der Waals surface area contributed by atoms with Gasteiger partial charge in [0.15, 0.2) is 0 Å². The van der Waals surface area contributed by atoms with Crippen LogP contribution in [0.1, 0.15) is 19.4 Å². The molecule has 0 aliphatic carbocycles. The van der Waals surface area contributed by atoms with Crippen molar-refractivity contribution in [1.82, 2.24) is 9.21 Å². The number of hydrogen-bond acceptors (Lipinski definition) is 5. The van der Waals surface area contributed by atoms with Crippen molar-refractivity contribution in [2.45, 2.75) is 31.3 Å². The van der Waals surface area contributed by atoms with E-state index in [4.69, 9.17) is 9.47 Å². The van der Waals surface area contributed by atoms with E-state index in [1.807, 2.05) is 6.07 Å². The Morgan fingerprint density at radius 3 is 2.20 bits per heavy atom. The number of hydrogen-bond donors (Lipinski definition) is 1. The molecule has 0 aliphatic heterocycles. The second-order valence-corrected chi connectivity index (χ2v) is 9.10. The van der Waals surface area contributed by atoms with Gasteiger partial charge in [-0.1, -0.05) is 0 Å². The van der Waals surface area contributed by atoms with E-state index in [9.17, 15) is 13.2 Å². The summed E-state index contributed by atoms with van der Waals surface area (Å²) in [5, 5.41) is 2.77. The molecule has 0 saturated carbocycles. The van der Waals surface area contributed by atoms with Gasteiger partial charge in [0.1, 0.15) is 11.5 Å². The van der Waals surface area contributed by atoms with Crippen molar-refractivity contribution in [2.24, 2.45) is 0 Å². The lowest BCUT2D eigenvalue weighted by atomic mass is 10.2. The Balaban J connectivity index is 2.07. The molecule has 2 rings (SSSR count). The summed E-state index contributed by atoms with van der Waals surface area (Å²) in [5.41, 5.74) is 1.33. The van der Waals surface area contributed by atoms with Gasteiger partial charge < -0.3 is 19.7 Å². The lowest BCUT2D eigenvalue weighted by molar-refractivity contribution is 0.220. The number of anilines is 1. The van der Waals surface area contributed by atoms with Gasteiger partial charge in [0.05, 0.1) is 25.7 Å². The number of nitrogens with zero attached hydrogens (tertiary/aromatic N) is 2. The minimum atomic E-state index is -3.57. The minimum Gasteiger partial charge on any atom is -0.497 e. The summed E-state index contributed by atoms with van der Waals surface area (Å²) in [6.45, 7) is 3.93. The van der Waals surface area contributed by atoms with Gasteiger partial charge >= 0.3 is 6.03 Å². The monoisotopic (exact) mass is 435 g/mol. The Labute approximate surface area is 178 Å². The molecule has 0 aliphatic rings. The van der Waals surface area contributed by atoms with E-state index < -0.39 is 10.0 Å². The van der Waals surface area contributed by atoms with Gasteiger partial charge in [0, 0.05) is 37.5 Å². The van der Waals surface area contributed by atoms with Crippen molar-refractivity contribution in [3.05, 3.63) is 48.0 Å². The van der Waals surface area contributed by atoms with E-state index in [-0.39, 0.29) is 17.0 Å². The summed E-state index contributed by atoms with van der Waals surface area (Å²) in [7, 11) is 2.77. The highest BCUT2D eigenvalue weighted by Gasteiger charge is 2.23. The molecular formula is C21H29N3O5S. The van der Waals surface area contributed by atoms with Gasteiger partial charge in [-0.25, -0.2) is 13.2 Å². The summed E-state index contributed by atoms with van der Waals surface area (Å²) in [5.74, 6) is 1.29. The van der Waals surface area contributed by atoms with Crippen LogP contribution in [0.15, 0.2) is 47.4 Å². The number of carbonyl (C=O) groups is 1. The highest BCUT2D eigenvalue weighted by molar-refractivity contribution is 7.89. The molecule has 0 unspecified atom stereocenters. The Morgan fingerprint density at radius 2 is 1.67 bits per heavy atom. The van der Waals surface area contributed by atoms with Crippen LogP contribution in [0.5, 0.6) is 11.5 Å². The van der Waals surface area contributed by atoms with Gasteiger partial charge in [-0.3, -0.25) is 0 Å². The smallest absolute Gasteiger partial charge is 0.321 e. The lowest BCUT2D eigenvalue weighted by Gasteiger charge is -2.21. The summed E-state index contributed by atoms with van der Waals surface area (Å²) in [6.07, 6.45) is 0. The standard InChI is InChI=1S/C21H29N3O5S/c1-15(2)24(4)30(26,27)19-11-8-17(9-12-19)22-21(25)23(3)14-16-7-10-18(28-5)13-20(16)29-6/h7-13,15H,14H2,1-6H3,(H,22,25). The molecule has 0 bridgehead atoms. The molecule has 8 nitrogen and oxygen atoms in total. The van der Waals surface area contributed by atoms with Gasteiger partial charge in [0.2, 0.25) is 10.0 Å². The maximum absolute atomic E-state index is 12.5. The fraction of sp³-hybridized carbons (Fsp3) is 0.381. The zero-order valence-electron chi connectivity index (χ0n) is 18.2. The zero-order valence-corrected chi connectivity index (χ0v) is 19.0. The highest BCUT2D eigenvalue weighted by atomic mass is 32.2. The Kier molecular flexibility index (Phi) is 7.69. The molecule has 0 spiro atoms. The summed E-state index contributed by atoms with van der Waals surface area (Å²) < 4.78 is 36.9. The zero-order chi connectivity index (χ0) is 22.5. The second-order valence-electron chi connectivity index (χ2n) is 7.10. The third kappa shape index (κ3) is 5.43. The van der Waals surface area contributed by atoms with E-state index in [2.05, 4.69) is 5.32 Å². The van der Waals surface area contributed by atoms with Gasteiger partial charge in [-0.2, -0.15) is 4.31 Å². The SMILES string of the molecule is COc1ccc(CN(C)C(=O)Nc2ccc(S(=O)(=O)N(C)C(C)C)cc2)c(OC)c1. The molecule has 30 heavy (non-hydrogen) atoms. The van der Waals surface area contributed by atoms with Crippen molar-refractivity contribution in [3.8, 4) is 11.5 Å². The lowest BCUT2D eigenvalue weighted by Crippen LogP contribution is -2.33. The molecule has 0 heterocycles. The van der Waals surface area contributed by atoms with Crippen LogP contribution in [0.4, 0.5) is 10.5 Å². The number of benzene rings is 2. The first-order chi connectivity index (χ1) is 14.1. The van der Waals surface area contributed by atoms with Crippen molar-refractivity contribution in [2.75, 3.05) is 33.6 Å². The molecule has 0 aromatic heterocycles. The first kappa shape index (κ1) is 23.5. The van der Waals surface area contributed by atoms with Crippen LogP contribution in [0.2, 0.25) is 0 Å². The number of carbonyl (C=O) groups excluding carboxylic acids is 1. The van der Waals surface area contributed by atoms with Crippen LogP contribution in [0.25, 0.3) is 0 Å². The van der Waals surface area contributed by atoms with Crippen molar-refractivity contribution in [1.29, 1.82) is 0 Å². The number of urea groups is 1. The van der Waals surface area contributed by atoms with Gasteiger partial charge in [0.25, 0.3) is 0 Å². The third-order valence-corrected chi connectivity index (χ3v) is 6.81. The van der Waals surface area contributed by atoms with E-state index in [0.717, 1.165) is 5.56 Å². The van der Waals surface area contributed by atoms with Gasteiger partial charge in [-0.15, -0.1) is 0 Å². The quantitative estimate of drug-likeness (QED) is 0.687. The van der Waals surface area contributed by atoms with E-state index in [1.165, 1.54) is 28.4 Å². The van der Waals surface area contributed by atoms with E-state index in [0.29, 0.717) is 23.7 Å². The number of ether oxygens (including phenoxy) is 2. The third-order valence-electron chi connectivity index (χ3n) is 4.76. The predicted molar refractivity (Wildman–Crippen MR) is 117 cm³/mol. The number of rotatable bonds is 8. The minimum absolute atomic E-state index is 0.155. The molecule has 2 amide bonds. The number of methoxy groups -OCH3 is 2. The number of nitrogens with one attached hydrogen (secondary N) is 1. The summed E-state index contributed by atoms with van der Waals surface area (Å²) >= 11 is 0. The van der Waals surface area contributed by atoms with Crippen molar-refractivity contribution >= 4 is 21.7 Å². The molecular weight excluding hydrogens is 406 g/mol. The van der Waals surface area contributed by atoms with Crippen LogP contribution in [0, 0.1) is 0 Å². The topological polar surface area (TPSA) is 88.2 Å². The molecule has 9 heteroatoms. The van der Waals surface area contributed by atoms with Crippen molar-refractivity contribution in [3.63, 3.8) is 0 Å². The molecule has 2 aromatic rings. The second kappa shape index (κ2) is 9.82. The number of amides is 2. The average Bonchev–Trinajstić information content (AvgIpc) is 2.73. The summed E-state index contributed by atoms with van der Waals surface area (Å²) in [6, 6.07) is 11.0. The maximum Gasteiger partial charge on any atom is 0.321 e. The van der Waals surface area contributed by atoms with E-state index in [1.54, 1.807) is 59.4 Å². The van der Waals surface area contributed by atoms with Crippen LogP contribution < -0.4 is 14.8 Å². The Hall–Kier alpha value is -2.78. The summed E-state index contributed by atoms with van der Waals surface area (Å²) in [4.78, 5) is 14.2. The molecule has 0 saturated heterocycles. The Morgan fingerprint density at radius 1 is 1.03 bits per heavy atom. The number of sulfonamides is 1. The Bertz CT molecular complexity index is 975. The van der Waals surface area contributed by atoms with Crippen LogP contribution >= 0.6 is 0 Å². The van der Waals surface area contributed by atoms with Crippen LogP contribution in [0.3, 0.4) is 0 Å². The fourth-order valence-electron chi connectivity index (χ4n) is 2.68. The van der Waals surface area contributed by atoms with Crippen LogP contribution in [-0.2, 0) is 16.6 Å². The first-order valence-electron chi connectivity index (χ1n) is 9.41. The molecule has 2 aromatic carbocycles. The normalized spacial score (nSPS) is 11.5. The maximum atomic E-state index is 12.5. The van der Waals surface area contributed by atoms with Crippen LogP contribution in [-0.4, -0.2) is 58.0 Å². The molecule has 1 N–H and O–H groups in total. The molecule has 0 fully saturated rings. The van der Waals surface area contributed by atoms with E-state index >= 15 is 0 Å². The molecule has 164 valence electrons. The van der Waals surface area contributed by atoms with Crippen molar-refractivity contribution < 1.29 is 22.7 Å². The largest absolute Gasteiger partial charge is 0.497 e. The predicted octanol–water partition coefficient (Wildman–Crippen LogP) is 3.40. The highest BCUT2D eigenvalue weighted by Crippen LogP contribution is 2.26.